The van der Waals surface area contributed by atoms with Crippen LogP contribution in [0.4, 0.5) is 0 Å². The Bertz CT molecular complexity index is 655. The molecule has 4 nitrogen and oxygen atoms in total. The molecule has 0 aliphatic carbocycles. The van der Waals surface area contributed by atoms with E-state index in [0.717, 1.165) is 28.7 Å². The number of amidine groups is 2. The monoisotopic (exact) mass is 280 g/mol. The van der Waals surface area contributed by atoms with Gasteiger partial charge in [0.2, 0.25) is 0 Å². The molecule has 21 heavy (non-hydrogen) atoms. The summed E-state index contributed by atoms with van der Waals surface area (Å²) in [6.07, 6.45) is 0.804. The first kappa shape index (κ1) is 14.8. The standard InChI is InChI=1S/C17H20N4/c1-10-7-12(3-5-14(10)16(18)19)9-13-4-6-15(17(20)21)11(2)8-13/h3-8H,9H2,1-2H3,(H3,18,19)(H3,20,21). The van der Waals surface area contributed by atoms with Crippen molar-refractivity contribution in [3.63, 3.8) is 0 Å². The van der Waals surface area contributed by atoms with E-state index < -0.39 is 0 Å². The van der Waals surface area contributed by atoms with Crippen LogP contribution in [-0.4, -0.2) is 11.7 Å². The van der Waals surface area contributed by atoms with Crippen LogP contribution in [-0.2, 0) is 6.42 Å². The van der Waals surface area contributed by atoms with Gasteiger partial charge in [0.1, 0.15) is 11.7 Å². The maximum absolute atomic E-state index is 7.51. The van der Waals surface area contributed by atoms with Crippen LogP contribution in [0.3, 0.4) is 0 Å². The molecule has 0 saturated carbocycles. The molecule has 2 rings (SSSR count). The van der Waals surface area contributed by atoms with Gasteiger partial charge in [0, 0.05) is 11.1 Å². The zero-order valence-corrected chi connectivity index (χ0v) is 12.3. The van der Waals surface area contributed by atoms with Gasteiger partial charge in [0.05, 0.1) is 0 Å². The van der Waals surface area contributed by atoms with Crippen molar-refractivity contribution in [1.29, 1.82) is 10.8 Å². The highest BCUT2D eigenvalue weighted by Crippen LogP contribution is 2.17. The smallest absolute Gasteiger partial charge is 0.123 e. The predicted molar refractivity (Wildman–Crippen MR) is 87.2 cm³/mol. The Kier molecular flexibility index (Phi) is 4.08. The second-order valence-corrected chi connectivity index (χ2v) is 5.30. The van der Waals surface area contributed by atoms with Gasteiger partial charge in [0.15, 0.2) is 0 Å². The summed E-state index contributed by atoms with van der Waals surface area (Å²) in [6.45, 7) is 3.93. The van der Waals surface area contributed by atoms with Gasteiger partial charge >= 0.3 is 0 Å². The number of aryl methyl sites for hydroxylation is 2. The Morgan fingerprint density at radius 1 is 0.810 bits per heavy atom. The molecular formula is C17H20N4. The van der Waals surface area contributed by atoms with Crippen molar-refractivity contribution in [1.82, 2.24) is 0 Å². The highest BCUT2D eigenvalue weighted by molar-refractivity contribution is 5.96. The maximum Gasteiger partial charge on any atom is 0.123 e. The number of rotatable bonds is 4. The van der Waals surface area contributed by atoms with E-state index >= 15 is 0 Å². The fourth-order valence-corrected chi connectivity index (χ4v) is 2.51. The molecule has 6 N–H and O–H groups in total. The predicted octanol–water partition coefficient (Wildman–Crippen LogP) is 2.46. The van der Waals surface area contributed by atoms with Crippen molar-refractivity contribution in [3.8, 4) is 0 Å². The number of nitrogens with one attached hydrogen (secondary N) is 2. The molecule has 4 heteroatoms. The number of hydrogen-bond acceptors (Lipinski definition) is 2. The molecule has 0 heterocycles. The van der Waals surface area contributed by atoms with Gasteiger partial charge in [-0.1, -0.05) is 36.4 Å². The van der Waals surface area contributed by atoms with E-state index in [4.69, 9.17) is 22.3 Å². The Hall–Kier alpha value is -2.62. The molecule has 0 bridgehead atoms. The fourth-order valence-electron chi connectivity index (χ4n) is 2.51. The molecule has 0 radical (unpaired) electrons. The quantitative estimate of drug-likeness (QED) is 0.511. The fraction of sp³-hybridized carbons (Fsp3) is 0.176. The summed E-state index contributed by atoms with van der Waals surface area (Å²) in [6, 6.07) is 11.9. The summed E-state index contributed by atoms with van der Waals surface area (Å²) in [4.78, 5) is 0. The van der Waals surface area contributed by atoms with Crippen molar-refractivity contribution < 1.29 is 0 Å². The number of nitrogen functional groups attached to an aromatic ring is 2. The molecule has 108 valence electrons. The molecule has 0 unspecified atom stereocenters. The van der Waals surface area contributed by atoms with Crippen LogP contribution < -0.4 is 11.5 Å². The lowest BCUT2D eigenvalue weighted by Gasteiger charge is -2.10. The van der Waals surface area contributed by atoms with Crippen LogP contribution in [0, 0.1) is 24.7 Å². The molecule has 0 spiro atoms. The molecule has 0 aliphatic rings. The molecular weight excluding hydrogens is 260 g/mol. The van der Waals surface area contributed by atoms with Crippen LogP contribution in [0.15, 0.2) is 36.4 Å². The zero-order valence-electron chi connectivity index (χ0n) is 12.3. The summed E-state index contributed by atoms with van der Waals surface area (Å²) in [5.41, 5.74) is 17.0. The lowest BCUT2D eigenvalue weighted by atomic mass is 9.97. The highest BCUT2D eigenvalue weighted by Gasteiger charge is 2.06. The number of hydrogen-bond donors (Lipinski definition) is 4. The third kappa shape index (κ3) is 3.28. The second kappa shape index (κ2) is 5.79. The van der Waals surface area contributed by atoms with Crippen molar-refractivity contribution in [2.24, 2.45) is 11.5 Å². The first-order chi connectivity index (χ1) is 9.88. The Labute approximate surface area is 124 Å². The van der Waals surface area contributed by atoms with Gasteiger partial charge in [-0.2, -0.15) is 0 Å². The van der Waals surface area contributed by atoms with Crippen LogP contribution in [0.25, 0.3) is 0 Å². The summed E-state index contributed by atoms with van der Waals surface area (Å²) in [5.74, 6) is 0.196. The molecule has 0 saturated heterocycles. The van der Waals surface area contributed by atoms with E-state index in [1.54, 1.807) is 0 Å². The second-order valence-electron chi connectivity index (χ2n) is 5.30. The third-order valence-electron chi connectivity index (χ3n) is 3.57. The average Bonchev–Trinajstić information content (AvgIpc) is 2.37. The summed E-state index contributed by atoms with van der Waals surface area (Å²) in [7, 11) is 0. The summed E-state index contributed by atoms with van der Waals surface area (Å²) < 4.78 is 0. The molecule has 0 aliphatic heterocycles. The maximum atomic E-state index is 7.51. The SMILES string of the molecule is Cc1cc(Cc2ccc(C(=N)N)c(C)c2)ccc1C(=N)N. The van der Waals surface area contributed by atoms with Gasteiger partial charge in [-0.3, -0.25) is 10.8 Å². The molecule has 0 aromatic heterocycles. The first-order valence-electron chi connectivity index (χ1n) is 6.76. The first-order valence-corrected chi connectivity index (χ1v) is 6.76. The van der Waals surface area contributed by atoms with E-state index in [0.29, 0.717) is 0 Å². The van der Waals surface area contributed by atoms with Crippen LogP contribution in [0.2, 0.25) is 0 Å². The lowest BCUT2D eigenvalue weighted by molar-refractivity contribution is 1.16. The van der Waals surface area contributed by atoms with Gasteiger partial charge < -0.3 is 11.5 Å². The minimum absolute atomic E-state index is 0.0979. The normalized spacial score (nSPS) is 10.4. The van der Waals surface area contributed by atoms with E-state index in [2.05, 4.69) is 12.1 Å². The average molecular weight is 280 g/mol. The van der Waals surface area contributed by atoms with Crippen LogP contribution in [0.1, 0.15) is 33.4 Å². The molecule has 0 atom stereocenters. The third-order valence-corrected chi connectivity index (χ3v) is 3.57. The lowest BCUT2D eigenvalue weighted by Crippen LogP contribution is -2.13. The molecule has 2 aromatic rings. The van der Waals surface area contributed by atoms with Crippen molar-refractivity contribution in [3.05, 3.63) is 69.8 Å². The minimum Gasteiger partial charge on any atom is -0.384 e. The van der Waals surface area contributed by atoms with Crippen molar-refractivity contribution >= 4 is 11.7 Å². The van der Waals surface area contributed by atoms with Crippen molar-refractivity contribution in [2.75, 3.05) is 0 Å². The summed E-state index contributed by atoms with van der Waals surface area (Å²) >= 11 is 0. The molecule has 2 aromatic carbocycles. The summed E-state index contributed by atoms with van der Waals surface area (Å²) in [5, 5.41) is 15.0. The largest absolute Gasteiger partial charge is 0.384 e. The van der Waals surface area contributed by atoms with Gasteiger partial charge in [0.25, 0.3) is 0 Å². The van der Waals surface area contributed by atoms with Crippen LogP contribution in [0.5, 0.6) is 0 Å². The number of nitrogens with two attached hydrogens (primary N) is 2. The number of benzene rings is 2. The topological polar surface area (TPSA) is 99.7 Å². The highest BCUT2D eigenvalue weighted by atomic mass is 14.7. The minimum atomic E-state index is 0.0979. The zero-order chi connectivity index (χ0) is 15.6. The molecule has 0 fully saturated rings. The van der Waals surface area contributed by atoms with Crippen LogP contribution >= 0.6 is 0 Å². The van der Waals surface area contributed by atoms with E-state index in [9.17, 15) is 0 Å². The Balaban J connectivity index is 2.26. The van der Waals surface area contributed by atoms with Gasteiger partial charge in [-0.15, -0.1) is 0 Å². The van der Waals surface area contributed by atoms with E-state index in [-0.39, 0.29) is 11.7 Å². The Morgan fingerprint density at radius 3 is 1.48 bits per heavy atom. The van der Waals surface area contributed by atoms with E-state index in [1.807, 2.05) is 38.1 Å². The van der Waals surface area contributed by atoms with Gasteiger partial charge in [-0.25, -0.2) is 0 Å². The molecule has 0 amide bonds. The Morgan fingerprint density at radius 2 is 1.19 bits per heavy atom. The van der Waals surface area contributed by atoms with Gasteiger partial charge in [-0.05, 0) is 42.5 Å². The van der Waals surface area contributed by atoms with E-state index in [1.165, 1.54) is 11.1 Å². The van der Waals surface area contributed by atoms with Crippen molar-refractivity contribution in [2.45, 2.75) is 20.3 Å².